The van der Waals surface area contributed by atoms with Gasteiger partial charge in [0.1, 0.15) is 0 Å². The van der Waals surface area contributed by atoms with Crippen LogP contribution in [0.3, 0.4) is 0 Å². The van der Waals surface area contributed by atoms with Gasteiger partial charge in [-0.1, -0.05) is 6.58 Å². The SMILES string of the molecule is C=C(C)C(=O)O[C-](C)C. The highest BCUT2D eigenvalue weighted by atomic mass is 16.5. The Morgan fingerprint density at radius 2 is 2.00 bits per heavy atom. The molecule has 0 aliphatic heterocycles. The van der Waals surface area contributed by atoms with Gasteiger partial charge in [-0.25, -0.2) is 4.79 Å². The average Bonchev–Trinajstić information content (AvgIpc) is 1.63. The van der Waals surface area contributed by atoms with Crippen molar-refractivity contribution in [1.29, 1.82) is 0 Å². The van der Waals surface area contributed by atoms with Gasteiger partial charge in [-0.3, -0.25) is 0 Å². The van der Waals surface area contributed by atoms with E-state index >= 15 is 0 Å². The molecule has 0 radical (unpaired) electrons. The second-order valence-electron chi connectivity index (χ2n) is 2.08. The van der Waals surface area contributed by atoms with Crippen LogP contribution in [0, 0.1) is 6.10 Å². The van der Waals surface area contributed by atoms with E-state index in [2.05, 4.69) is 11.3 Å². The Morgan fingerprint density at radius 1 is 1.56 bits per heavy atom. The molecule has 0 saturated carbocycles. The van der Waals surface area contributed by atoms with Crippen molar-refractivity contribution >= 4 is 5.97 Å². The first-order chi connectivity index (χ1) is 4.04. The summed E-state index contributed by atoms with van der Waals surface area (Å²) in [5.41, 5.74) is 0.427. The zero-order valence-corrected chi connectivity index (χ0v) is 6.02. The number of carbonyl (C=O) groups excluding carboxylic acids is 1. The van der Waals surface area contributed by atoms with Gasteiger partial charge in [0.15, 0.2) is 0 Å². The van der Waals surface area contributed by atoms with E-state index < -0.39 is 0 Å². The van der Waals surface area contributed by atoms with Gasteiger partial charge >= 0.3 is 5.97 Å². The van der Waals surface area contributed by atoms with Gasteiger partial charge in [0.2, 0.25) is 0 Å². The normalized spacial score (nSPS) is 9.33. The van der Waals surface area contributed by atoms with Gasteiger partial charge < -0.3 is 4.74 Å². The maximum Gasteiger partial charge on any atom is 0.301 e. The van der Waals surface area contributed by atoms with Crippen LogP contribution in [0.25, 0.3) is 0 Å². The van der Waals surface area contributed by atoms with E-state index in [1.54, 1.807) is 20.8 Å². The topological polar surface area (TPSA) is 26.3 Å². The third-order valence-corrected chi connectivity index (χ3v) is 0.645. The summed E-state index contributed by atoms with van der Waals surface area (Å²) < 4.78 is 4.69. The Kier molecular flexibility index (Phi) is 2.99. The van der Waals surface area contributed by atoms with Crippen molar-refractivity contribution in [2.45, 2.75) is 20.8 Å². The molecule has 0 aliphatic rings. The molecule has 0 atom stereocenters. The van der Waals surface area contributed by atoms with Crippen molar-refractivity contribution in [1.82, 2.24) is 0 Å². The quantitative estimate of drug-likeness (QED) is 0.320. The van der Waals surface area contributed by atoms with E-state index in [1.807, 2.05) is 0 Å². The second kappa shape index (κ2) is 3.28. The van der Waals surface area contributed by atoms with Crippen LogP contribution in [0.1, 0.15) is 20.8 Å². The molecule has 0 aromatic carbocycles. The molecule has 0 unspecified atom stereocenters. The van der Waals surface area contributed by atoms with Crippen LogP contribution in [-0.4, -0.2) is 5.97 Å². The average molecular weight is 127 g/mol. The fourth-order valence-corrected chi connectivity index (χ4v) is 0.273. The molecule has 0 N–H and O–H groups in total. The molecule has 52 valence electrons. The minimum Gasteiger partial charge on any atom is -0.631 e. The van der Waals surface area contributed by atoms with Crippen molar-refractivity contribution < 1.29 is 9.53 Å². The first-order valence-corrected chi connectivity index (χ1v) is 2.72. The lowest BCUT2D eigenvalue weighted by Gasteiger charge is -2.20. The molecule has 0 aromatic heterocycles. The molecule has 0 spiro atoms. The van der Waals surface area contributed by atoms with Crippen molar-refractivity contribution in [3.8, 4) is 0 Å². The number of hydrogen-bond donors (Lipinski definition) is 0. The predicted octanol–water partition coefficient (Wildman–Crippen LogP) is 1.68. The van der Waals surface area contributed by atoms with E-state index in [1.165, 1.54) is 0 Å². The summed E-state index contributed by atoms with van der Waals surface area (Å²) in [6, 6.07) is 0. The Balaban J connectivity index is 3.65. The summed E-state index contributed by atoms with van der Waals surface area (Å²) in [5.74, 6) is -0.352. The fourth-order valence-electron chi connectivity index (χ4n) is 0.273. The number of esters is 1. The minimum absolute atomic E-state index is 0.352. The molecule has 2 nitrogen and oxygen atoms in total. The molecule has 0 heterocycles. The molecular formula is C7H11O2-. The lowest BCUT2D eigenvalue weighted by molar-refractivity contribution is -0.137. The summed E-state index contributed by atoms with van der Waals surface area (Å²) in [4.78, 5) is 10.6. The van der Waals surface area contributed by atoms with E-state index in [-0.39, 0.29) is 5.97 Å². The van der Waals surface area contributed by atoms with Crippen LogP contribution in [0.5, 0.6) is 0 Å². The number of carbonyl (C=O) groups is 1. The monoisotopic (exact) mass is 127 g/mol. The summed E-state index contributed by atoms with van der Waals surface area (Å²) in [5, 5.41) is 0. The van der Waals surface area contributed by atoms with Crippen molar-refractivity contribution in [3.63, 3.8) is 0 Å². The van der Waals surface area contributed by atoms with Gasteiger partial charge in [-0.2, -0.15) is 13.8 Å². The molecule has 0 amide bonds. The molecule has 0 fully saturated rings. The van der Waals surface area contributed by atoms with Gasteiger partial charge in [0.05, 0.1) is 0 Å². The Bertz CT molecular complexity index is 125. The van der Waals surface area contributed by atoms with Crippen LogP contribution in [-0.2, 0) is 9.53 Å². The van der Waals surface area contributed by atoms with Crippen LogP contribution >= 0.6 is 0 Å². The number of ether oxygens (including phenoxy) is 1. The van der Waals surface area contributed by atoms with Gasteiger partial charge in [0.25, 0.3) is 0 Å². The van der Waals surface area contributed by atoms with Gasteiger partial charge in [0, 0.05) is 5.57 Å². The van der Waals surface area contributed by atoms with Gasteiger partial charge in [-0.15, -0.1) is 6.10 Å². The molecular weight excluding hydrogens is 116 g/mol. The third-order valence-electron chi connectivity index (χ3n) is 0.645. The predicted molar refractivity (Wildman–Crippen MR) is 35.5 cm³/mol. The lowest BCUT2D eigenvalue weighted by atomic mass is 10.3. The standard InChI is InChI=1S/C7H11O2/c1-5(2)7(8)9-6(3)4/h1H2,2-4H3/q-1. The van der Waals surface area contributed by atoms with Crippen LogP contribution < -0.4 is 0 Å². The maximum atomic E-state index is 10.6. The number of hydrogen-bond acceptors (Lipinski definition) is 2. The fraction of sp³-hybridized carbons (Fsp3) is 0.429. The maximum absolute atomic E-state index is 10.6. The molecule has 0 bridgehead atoms. The zero-order valence-electron chi connectivity index (χ0n) is 6.02. The van der Waals surface area contributed by atoms with Crippen LogP contribution in [0.2, 0.25) is 0 Å². The van der Waals surface area contributed by atoms with E-state index in [0.717, 1.165) is 0 Å². The Morgan fingerprint density at radius 3 is 2.11 bits per heavy atom. The molecule has 0 saturated heterocycles. The minimum atomic E-state index is -0.352. The first-order valence-electron chi connectivity index (χ1n) is 2.72. The van der Waals surface area contributed by atoms with Gasteiger partial charge in [-0.05, 0) is 6.92 Å². The first kappa shape index (κ1) is 8.21. The van der Waals surface area contributed by atoms with Crippen molar-refractivity contribution in [3.05, 3.63) is 18.3 Å². The van der Waals surface area contributed by atoms with E-state index in [4.69, 9.17) is 0 Å². The molecule has 0 aromatic rings. The lowest BCUT2D eigenvalue weighted by Crippen LogP contribution is -2.05. The van der Waals surface area contributed by atoms with Crippen LogP contribution in [0.15, 0.2) is 12.2 Å². The second-order valence-corrected chi connectivity index (χ2v) is 2.08. The van der Waals surface area contributed by atoms with E-state index in [9.17, 15) is 4.79 Å². The molecule has 0 aliphatic carbocycles. The Hall–Kier alpha value is -0.790. The number of rotatable bonds is 2. The largest absolute Gasteiger partial charge is 0.631 e. The van der Waals surface area contributed by atoms with Crippen molar-refractivity contribution in [2.75, 3.05) is 0 Å². The molecule has 0 rings (SSSR count). The highest BCUT2D eigenvalue weighted by Gasteiger charge is 1.96. The smallest absolute Gasteiger partial charge is 0.301 e. The summed E-state index contributed by atoms with van der Waals surface area (Å²) in [6.07, 6.45) is 0.642. The van der Waals surface area contributed by atoms with Crippen molar-refractivity contribution in [2.24, 2.45) is 0 Å². The zero-order chi connectivity index (χ0) is 7.44. The third kappa shape index (κ3) is 3.76. The summed E-state index contributed by atoms with van der Waals surface area (Å²) in [6.45, 7) is 8.48. The van der Waals surface area contributed by atoms with Crippen LogP contribution in [0.4, 0.5) is 0 Å². The Labute approximate surface area is 55.5 Å². The van der Waals surface area contributed by atoms with E-state index in [0.29, 0.717) is 11.7 Å². The highest BCUT2D eigenvalue weighted by Crippen LogP contribution is 2.01. The highest BCUT2D eigenvalue weighted by molar-refractivity contribution is 5.87. The summed E-state index contributed by atoms with van der Waals surface area (Å²) in [7, 11) is 0. The molecule has 9 heavy (non-hydrogen) atoms. The summed E-state index contributed by atoms with van der Waals surface area (Å²) >= 11 is 0. The molecule has 2 heteroatoms.